The SMILES string of the molecule is C=CCNC(=O)/C(C#N)=C1\SC(Cc2ccc(Br)cc2)C(=O)N1c1ccc(C)c(C)c1. The fourth-order valence-corrected chi connectivity index (χ4v) is 4.75. The second-order valence-corrected chi connectivity index (χ2v) is 9.28. The van der Waals surface area contributed by atoms with Gasteiger partial charge in [0.1, 0.15) is 16.7 Å². The number of aryl methyl sites for hydroxylation is 2. The van der Waals surface area contributed by atoms with E-state index >= 15 is 0 Å². The van der Waals surface area contributed by atoms with Crippen LogP contribution in [-0.4, -0.2) is 23.6 Å². The highest BCUT2D eigenvalue weighted by Gasteiger charge is 2.40. The Morgan fingerprint density at radius 1 is 1.26 bits per heavy atom. The number of rotatable bonds is 6. The van der Waals surface area contributed by atoms with Crippen molar-refractivity contribution in [3.05, 3.63) is 86.9 Å². The lowest BCUT2D eigenvalue weighted by atomic mass is 10.1. The number of nitriles is 1. The lowest BCUT2D eigenvalue weighted by molar-refractivity contribution is -0.117. The summed E-state index contributed by atoms with van der Waals surface area (Å²) in [6.07, 6.45) is 2.04. The van der Waals surface area contributed by atoms with Crippen LogP contribution >= 0.6 is 27.7 Å². The highest BCUT2D eigenvalue weighted by atomic mass is 79.9. The van der Waals surface area contributed by atoms with Crippen molar-refractivity contribution in [3.63, 3.8) is 0 Å². The van der Waals surface area contributed by atoms with Crippen LogP contribution in [-0.2, 0) is 16.0 Å². The minimum absolute atomic E-state index is 0.0725. The van der Waals surface area contributed by atoms with Crippen molar-refractivity contribution in [3.8, 4) is 6.07 Å². The third-order valence-corrected chi connectivity index (χ3v) is 6.79. The van der Waals surface area contributed by atoms with Crippen LogP contribution in [0.1, 0.15) is 16.7 Å². The van der Waals surface area contributed by atoms with E-state index in [1.54, 1.807) is 6.08 Å². The molecule has 1 aliphatic rings. The van der Waals surface area contributed by atoms with Gasteiger partial charge in [0.05, 0.1) is 5.25 Å². The van der Waals surface area contributed by atoms with Crippen molar-refractivity contribution in [1.29, 1.82) is 5.26 Å². The minimum Gasteiger partial charge on any atom is -0.348 e. The molecular weight excluding hydrogens is 474 g/mol. The lowest BCUT2D eigenvalue weighted by Gasteiger charge is -2.19. The van der Waals surface area contributed by atoms with Gasteiger partial charge < -0.3 is 5.32 Å². The molecule has 1 N–H and O–H groups in total. The van der Waals surface area contributed by atoms with Gasteiger partial charge in [0, 0.05) is 16.7 Å². The summed E-state index contributed by atoms with van der Waals surface area (Å²) in [5.74, 6) is -0.661. The third kappa shape index (κ3) is 5.09. The average molecular weight is 496 g/mol. The number of nitrogens with one attached hydrogen (secondary N) is 1. The van der Waals surface area contributed by atoms with Gasteiger partial charge in [-0.3, -0.25) is 14.5 Å². The molecule has 3 rings (SSSR count). The molecule has 0 saturated carbocycles. The first-order chi connectivity index (χ1) is 14.8. The second-order valence-electron chi connectivity index (χ2n) is 7.17. The molecule has 1 aliphatic heterocycles. The van der Waals surface area contributed by atoms with E-state index < -0.39 is 11.2 Å². The topological polar surface area (TPSA) is 73.2 Å². The number of carbonyl (C=O) groups excluding carboxylic acids is 2. The van der Waals surface area contributed by atoms with Crippen molar-refractivity contribution in [2.75, 3.05) is 11.4 Å². The number of thioether (sulfide) groups is 1. The molecule has 0 aromatic heterocycles. The Hall–Kier alpha value is -2.82. The fraction of sp³-hybridized carbons (Fsp3) is 0.208. The largest absolute Gasteiger partial charge is 0.348 e. The Morgan fingerprint density at radius 2 is 1.97 bits per heavy atom. The van der Waals surface area contributed by atoms with Gasteiger partial charge in [0.15, 0.2) is 0 Å². The number of amides is 2. The molecule has 1 saturated heterocycles. The van der Waals surface area contributed by atoms with Gasteiger partial charge in [-0.25, -0.2) is 0 Å². The summed E-state index contributed by atoms with van der Waals surface area (Å²) in [6, 6.07) is 15.5. The van der Waals surface area contributed by atoms with Crippen LogP contribution in [0, 0.1) is 25.2 Å². The van der Waals surface area contributed by atoms with E-state index in [0.717, 1.165) is 21.2 Å². The lowest BCUT2D eigenvalue weighted by Crippen LogP contribution is -2.32. The number of nitrogens with zero attached hydrogens (tertiary/aromatic N) is 2. The number of anilines is 1. The fourth-order valence-electron chi connectivity index (χ4n) is 3.17. The molecule has 2 amide bonds. The molecule has 2 aromatic carbocycles. The van der Waals surface area contributed by atoms with E-state index in [-0.39, 0.29) is 18.0 Å². The van der Waals surface area contributed by atoms with E-state index in [2.05, 4.69) is 27.8 Å². The Bertz CT molecular complexity index is 1100. The first kappa shape index (κ1) is 22.9. The molecule has 31 heavy (non-hydrogen) atoms. The van der Waals surface area contributed by atoms with Crippen LogP contribution in [0.5, 0.6) is 0 Å². The maximum absolute atomic E-state index is 13.4. The average Bonchev–Trinajstić information content (AvgIpc) is 3.06. The standard InChI is InChI=1S/C24H22BrN3O2S/c1-4-11-27-22(29)20(14-26)24-28(19-10-5-15(2)16(3)12-19)23(30)21(31-24)13-17-6-8-18(25)9-7-17/h4-10,12,21H,1,11,13H2,2-3H3,(H,27,29)/b24-20-. The molecule has 2 aromatic rings. The molecule has 158 valence electrons. The van der Waals surface area contributed by atoms with Gasteiger partial charge in [-0.1, -0.05) is 52.0 Å². The summed E-state index contributed by atoms with van der Waals surface area (Å²) in [6.45, 7) is 7.79. The second kappa shape index (κ2) is 9.99. The van der Waals surface area contributed by atoms with E-state index in [1.165, 1.54) is 16.7 Å². The Kier molecular flexibility index (Phi) is 7.37. The molecule has 0 spiro atoms. The minimum atomic E-state index is -0.518. The Balaban J connectivity index is 2.04. The number of carbonyl (C=O) groups is 2. The van der Waals surface area contributed by atoms with Crippen LogP contribution in [0.4, 0.5) is 5.69 Å². The molecule has 1 heterocycles. The number of hydrogen-bond acceptors (Lipinski definition) is 4. The molecule has 1 fully saturated rings. The number of halogens is 1. The summed E-state index contributed by atoms with van der Waals surface area (Å²) in [5, 5.41) is 12.3. The van der Waals surface area contributed by atoms with Crippen molar-refractivity contribution < 1.29 is 9.59 Å². The van der Waals surface area contributed by atoms with Crippen LogP contribution in [0.25, 0.3) is 0 Å². The molecule has 1 unspecified atom stereocenters. The summed E-state index contributed by atoms with van der Waals surface area (Å²) in [5.41, 5.74) is 3.71. The molecule has 5 nitrogen and oxygen atoms in total. The zero-order valence-corrected chi connectivity index (χ0v) is 19.7. The van der Waals surface area contributed by atoms with Crippen LogP contribution in [0.15, 0.2) is 70.2 Å². The van der Waals surface area contributed by atoms with Gasteiger partial charge >= 0.3 is 0 Å². The van der Waals surface area contributed by atoms with Crippen molar-refractivity contribution >= 4 is 45.2 Å². The van der Waals surface area contributed by atoms with E-state index in [9.17, 15) is 14.9 Å². The smallest absolute Gasteiger partial charge is 0.264 e. The maximum atomic E-state index is 13.4. The van der Waals surface area contributed by atoms with Crippen molar-refractivity contribution in [2.45, 2.75) is 25.5 Å². The van der Waals surface area contributed by atoms with Crippen LogP contribution in [0.3, 0.4) is 0 Å². The van der Waals surface area contributed by atoms with E-state index in [4.69, 9.17) is 0 Å². The summed E-state index contributed by atoms with van der Waals surface area (Å²) in [7, 11) is 0. The zero-order chi connectivity index (χ0) is 22.5. The predicted molar refractivity (Wildman–Crippen MR) is 128 cm³/mol. The summed E-state index contributed by atoms with van der Waals surface area (Å²) < 4.78 is 0.963. The van der Waals surface area contributed by atoms with Crippen molar-refractivity contribution in [2.24, 2.45) is 0 Å². The molecule has 0 aliphatic carbocycles. The molecule has 0 bridgehead atoms. The highest BCUT2D eigenvalue weighted by Crippen LogP contribution is 2.42. The number of benzene rings is 2. The van der Waals surface area contributed by atoms with Gasteiger partial charge in [0.25, 0.3) is 5.91 Å². The monoisotopic (exact) mass is 495 g/mol. The molecule has 7 heteroatoms. The predicted octanol–water partition coefficient (Wildman–Crippen LogP) is 4.79. The maximum Gasteiger partial charge on any atom is 0.264 e. The first-order valence-corrected chi connectivity index (χ1v) is 11.4. The third-order valence-electron chi connectivity index (χ3n) is 5.00. The summed E-state index contributed by atoms with van der Waals surface area (Å²) in [4.78, 5) is 27.6. The van der Waals surface area contributed by atoms with E-state index in [0.29, 0.717) is 17.1 Å². The normalized spacial score (nSPS) is 17.3. The van der Waals surface area contributed by atoms with Gasteiger partial charge in [-0.15, -0.1) is 6.58 Å². The quantitative estimate of drug-likeness (QED) is 0.355. The first-order valence-electron chi connectivity index (χ1n) is 9.71. The molecule has 1 atom stereocenters. The van der Waals surface area contributed by atoms with Crippen molar-refractivity contribution in [1.82, 2.24) is 5.32 Å². The van der Waals surface area contributed by atoms with E-state index in [1.807, 2.05) is 62.4 Å². The molecular formula is C24H22BrN3O2S. The Morgan fingerprint density at radius 3 is 2.58 bits per heavy atom. The van der Waals surface area contributed by atoms with Gasteiger partial charge in [-0.05, 0) is 61.2 Å². The van der Waals surface area contributed by atoms with Gasteiger partial charge in [0.2, 0.25) is 5.91 Å². The highest BCUT2D eigenvalue weighted by molar-refractivity contribution is 9.10. The van der Waals surface area contributed by atoms with Crippen LogP contribution in [0.2, 0.25) is 0 Å². The Labute approximate surface area is 194 Å². The molecule has 0 radical (unpaired) electrons. The van der Waals surface area contributed by atoms with Gasteiger partial charge in [-0.2, -0.15) is 5.26 Å². The number of hydrogen-bond donors (Lipinski definition) is 1. The zero-order valence-electron chi connectivity index (χ0n) is 17.3. The van der Waals surface area contributed by atoms with Crippen LogP contribution < -0.4 is 10.2 Å². The summed E-state index contributed by atoms with van der Waals surface area (Å²) >= 11 is 4.68.